The van der Waals surface area contributed by atoms with Crippen molar-refractivity contribution in [3.63, 3.8) is 0 Å². The topological polar surface area (TPSA) is 57.7 Å². The van der Waals surface area contributed by atoms with E-state index in [2.05, 4.69) is 13.8 Å². The van der Waals surface area contributed by atoms with E-state index in [1.54, 1.807) is 57.3 Å². The number of hydrogen-bond donors (Lipinski definition) is 0. The lowest BCUT2D eigenvalue weighted by atomic mass is 9.98. The average molecular weight is 387 g/mol. The van der Waals surface area contributed by atoms with Gasteiger partial charge in [0.1, 0.15) is 5.54 Å². The lowest BCUT2D eigenvalue weighted by molar-refractivity contribution is -0.122. The van der Waals surface area contributed by atoms with E-state index in [4.69, 9.17) is 0 Å². The fourth-order valence-corrected chi connectivity index (χ4v) is 5.41. The molecule has 144 valence electrons. The molecule has 0 atom stereocenters. The Morgan fingerprint density at radius 1 is 0.963 bits per heavy atom. The normalized spacial score (nSPS) is 16.6. The molecule has 0 N–H and O–H groups in total. The van der Waals surface area contributed by atoms with Gasteiger partial charge < -0.3 is 4.90 Å². The van der Waals surface area contributed by atoms with Gasteiger partial charge >= 0.3 is 0 Å². The van der Waals surface area contributed by atoms with Gasteiger partial charge in [0.25, 0.3) is 15.9 Å². The first-order chi connectivity index (χ1) is 12.6. The summed E-state index contributed by atoms with van der Waals surface area (Å²) in [7, 11) is -2.22. The van der Waals surface area contributed by atoms with Crippen LogP contribution in [0.1, 0.15) is 33.3 Å². The van der Waals surface area contributed by atoms with E-state index in [1.165, 1.54) is 9.21 Å². The van der Waals surface area contributed by atoms with Crippen LogP contribution >= 0.6 is 0 Å². The molecule has 1 aliphatic rings. The van der Waals surface area contributed by atoms with Gasteiger partial charge in [-0.2, -0.15) is 0 Å². The second-order valence-electron chi connectivity index (χ2n) is 7.92. The molecule has 0 fully saturated rings. The Bertz CT molecular complexity index is 963. The van der Waals surface area contributed by atoms with E-state index >= 15 is 0 Å². The molecular weight excluding hydrogens is 360 g/mol. The molecule has 0 saturated carbocycles. The quantitative estimate of drug-likeness (QED) is 0.802. The van der Waals surface area contributed by atoms with Gasteiger partial charge in [0.2, 0.25) is 0 Å². The van der Waals surface area contributed by atoms with Crippen molar-refractivity contribution >= 4 is 27.3 Å². The monoisotopic (exact) mass is 386 g/mol. The van der Waals surface area contributed by atoms with E-state index in [1.807, 2.05) is 12.1 Å². The first kappa shape index (κ1) is 19.4. The average Bonchev–Trinajstić information content (AvgIpc) is 2.59. The molecule has 2 aromatic rings. The fraction of sp³-hybridized carbons (Fsp3) is 0.381. The summed E-state index contributed by atoms with van der Waals surface area (Å²) in [5.41, 5.74) is 0.967. The van der Waals surface area contributed by atoms with Gasteiger partial charge in [-0.3, -0.25) is 4.79 Å². The molecule has 5 nitrogen and oxygen atoms in total. The number of carbonyl (C=O) groups is 1. The van der Waals surface area contributed by atoms with E-state index in [-0.39, 0.29) is 10.8 Å². The third-order valence-electron chi connectivity index (χ3n) is 4.90. The van der Waals surface area contributed by atoms with E-state index in [9.17, 15) is 13.2 Å². The minimum Gasteiger partial charge on any atom is -0.311 e. The van der Waals surface area contributed by atoms with Gasteiger partial charge in [-0.25, -0.2) is 12.7 Å². The van der Waals surface area contributed by atoms with Crippen molar-refractivity contribution in [3.05, 3.63) is 54.1 Å². The third kappa shape index (κ3) is 3.23. The maximum Gasteiger partial charge on any atom is 0.265 e. The first-order valence-electron chi connectivity index (χ1n) is 9.08. The molecule has 1 heterocycles. The number of benzene rings is 2. The number of nitrogens with zero attached hydrogens (tertiary/aromatic N) is 2. The van der Waals surface area contributed by atoms with Crippen LogP contribution in [-0.2, 0) is 21.2 Å². The number of rotatable bonds is 4. The number of amides is 1. The first-order valence-corrected chi connectivity index (χ1v) is 10.5. The highest BCUT2D eigenvalue weighted by molar-refractivity contribution is 7.93. The molecular formula is C21H26N2O3S. The summed E-state index contributed by atoms with van der Waals surface area (Å²) < 4.78 is 28.3. The van der Waals surface area contributed by atoms with Crippen LogP contribution in [0.15, 0.2) is 53.4 Å². The van der Waals surface area contributed by atoms with E-state index < -0.39 is 15.6 Å². The largest absolute Gasteiger partial charge is 0.311 e. The van der Waals surface area contributed by atoms with Gasteiger partial charge in [0.05, 0.1) is 16.3 Å². The van der Waals surface area contributed by atoms with Crippen LogP contribution in [0.25, 0.3) is 0 Å². The van der Waals surface area contributed by atoms with Crippen molar-refractivity contribution in [2.24, 2.45) is 5.92 Å². The zero-order valence-corrected chi connectivity index (χ0v) is 17.2. The van der Waals surface area contributed by atoms with Gasteiger partial charge in [-0.15, -0.1) is 0 Å². The Morgan fingerprint density at radius 3 is 2.07 bits per heavy atom. The number of fused-ring (bicyclic) bond motifs is 1. The Kier molecular flexibility index (Phi) is 4.80. The number of hydrogen-bond acceptors (Lipinski definition) is 3. The van der Waals surface area contributed by atoms with Gasteiger partial charge in [0.15, 0.2) is 0 Å². The van der Waals surface area contributed by atoms with Crippen LogP contribution < -0.4 is 9.21 Å². The van der Waals surface area contributed by atoms with Crippen molar-refractivity contribution in [1.29, 1.82) is 0 Å². The summed E-state index contributed by atoms with van der Waals surface area (Å²) >= 11 is 0. The summed E-state index contributed by atoms with van der Waals surface area (Å²) in [6.45, 7) is 7.54. The lowest BCUT2D eigenvalue weighted by Gasteiger charge is -2.45. The molecule has 6 heteroatoms. The molecule has 1 aliphatic heterocycles. The smallest absolute Gasteiger partial charge is 0.265 e. The minimum atomic E-state index is -3.90. The van der Waals surface area contributed by atoms with Crippen molar-refractivity contribution < 1.29 is 13.2 Å². The Balaban J connectivity index is 2.12. The van der Waals surface area contributed by atoms with Crippen LogP contribution in [-0.4, -0.2) is 26.9 Å². The predicted molar refractivity (Wildman–Crippen MR) is 109 cm³/mol. The third-order valence-corrected chi connectivity index (χ3v) is 6.90. The lowest BCUT2D eigenvalue weighted by Crippen LogP contribution is -2.61. The zero-order chi connectivity index (χ0) is 20.0. The van der Waals surface area contributed by atoms with Crippen LogP contribution in [0.5, 0.6) is 0 Å². The second kappa shape index (κ2) is 6.68. The number of carbonyl (C=O) groups excluding carboxylic acids is 1. The van der Waals surface area contributed by atoms with Crippen molar-refractivity contribution in [2.45, 2.75) is 44.6 Å². The maximum atomic E-state index is 13.5. The molecule has 0 unspecified atom stereocenters. The Morgan fingerprint density at radius 2 is 1.52 bits per heavy atom. The maximum absolute atomic E-state index is 13.5. The number of anilines is 2. The fourth-order valence-electron chi connectivity index (χ4n) is 3.63. The molecule has 0 radical (unpaired) electrons. The Hall–Kier alpha value is -2.34. The summed E-state index contributed by atoms with van der Waals surface area (Å²) in [4.78, 5) is 14.6. The molecule has 2 aromatic carbocycles. The molecule has 0 aromatic heterocycles. The molecule has 1 amide bonds. The number of likely N-dealkylation sites (N-methyl/N-ethyl adjacent to an activating group) is 1. The summed E-state index contributed by atoms with van der Waals surface area (Å²) in [6.07, 6.45) is 0.891. The van der Waals surface area contributed by atoms with Gasteiger partial charge in [-0.1, -0.05) is 38.1 Å². The highest BCUT2D eigenvalue weighted by Crippen LogP contribution is 2.42. The van der Waals surface area contributed by atoms with Crippen molar-refractivity contribution in [2.75, 3.05) is 16.3 Å². The SMILES string of the molecule is CC(C)Cc1ccc(S(=O)(=O)N2c3ccccc3N(C)C(=O)C2(C)C)cc1. The number of sulfonamides is 1. The van der Waals surface area contributed by atoms with E-state index in [0.717, 1.165) is 12.0 Å². The summed E-state index contributed by atoms with van der Waals surface area (Å²) in [5, 5.41) is 0. The standard InChI is InChI=1S/C21H26N2O3S/c1-15(2)14-16-10-12-17(13-11-16)27(25,26)23-19-9-7-6-8-18(19)22(5)20(24)21(23,3)4/h6-13,15H,14H2,1-5H3. The summed E-state index contributed by atoms with van der Waals surface area (Å²) in [5.74, 6) is 0.231. The second-order valence-corrected chi connectivity index (χ2v) is 9.71. The van der Waals surface area contributed by atoms with Crippen LogP contribution in [0, 0.1) is 5.92 Å². The molecule has 0 spiro atoms. The van der Waals surface area contributed by atoms with Crippen molar-refractivity contribution in [1.82, 2.24) is 0 Å². The predicted octanol–water partition coefficient (Wildman–Crippen LogP) is 3.84. The zero-order valence-electron chi connectivity index (χ0n) is 16.4. The highest BCUT2D eigenvalue weighted by atomic mass is 32.2. The van der Waals surface area contributed by atoms with Crippen molar-refractivity contribution in [3.8, 4) is 0 Å². The van der Waals surface area contributed by atoms with Gasteiger partial charge in [0, 0.05) is 7.05 Å². The Labute approximate surface area is 161 Å². The molecule has 27 heavy (non-hydrogen) atoms. The molecule has 0 saturated heterocycles. The summed E-state index contributed by atoms with van der Waals surface area (Å²) in [6, 6.07) is 14.1. The van der Waals surface area contributed by atoms with Gasteiger partial charge in [-0.05, 0) is 56.0 Å². The van der Waals surface area contributed by atoms with Crippen LogP contribution in [0.2, 0.25) is 0 Å². The molecule has 0 aliphatic carbocycles. The molecule has 0 bridgehead atoms. The number of para-hydroxylation sites is 2. The highest BCUT2D eigenvalue weighted by Gasteiger charge is 2.49. The molecule has 3 rings (SSSR count). The minimum absolute atomic E-state index is 0.190. The van der Waals surface area contributed by atoms with Crippen LogP contribution in [0.3, 0.4) is 0 Å². The van der Waals surface area contributed by atoms with Crippen LogP contribution in [0.4, 0.5) is 11.4 Å². The van der Waals surface area contributed by atoms with E-state index in [0.29, 0.717) is 17.3 Å².